The Labute approximate surface area is 129 Å². The number of nitrogens with zero attached hydrogens (tertiary/aromatic N) is 2. The number of carbonyl (C=O) groups excluding carboxylic acids is 2. The zero-order valence-electron chi connectivity index (χ0n) is 12.0. The third-order valence-electron chi connectivity index (χ3n) is 3.78. The first kappa shape index (κ1) is 14.7. The van der Waals surface area contributed by atoms with Crippen molar-refractivity contribution in [3.8, 4) is 5.75 Å². The molecule has 1 fully saturated rings. The summed E-state index contributed by atoms with van der Waals surface area (Å²) in [6.07, 6.45) is -0.721. The molecule has 2 radical (unpaired) electrons. The summed E-state index contributed by atoms with van der Waals surface area (Å²) >= 11 is 0. The maximum absolute atomic E-state index is 11.9. The van der Waals surface area contributed by atoms with Gasteiger partial charge in [0, 0.05) is 24.3 Å². The molecule has 0 bridgehead atoms. The summed E-state index contributed by atoms with van der Waals surface area (Å²) in [5.74, 6) is 0.195. The van der Waals surface area contributed by atoms with E-state index in [0.29, 0.717) is 37.7 Å². The molecule has 2 N–H and O–H groups in total. The fourth-order valence-corrected chi connectivity index (χ4v) is 2.59. The van der Waals surface area contributed by atoms with E-state index < -0.39 is 11.9 Å². The normalized spacial score (nSPS) is 21.0. The van der Waals surface area contributed by atoms with Crippen LogP contribution in [0.4, 0.5) is 15.3 Å². The highest BCUT2D eigenvalue weighted by Gasteiger charge is 2.32. The minimum absolute atomic E-state index is 0.283. The number of nitrogens with two attached hydrogens (primary N) is 1. The summed E-state index contributed by atoms with van der Waals surface area (Å²) in [5.41, 5.74) is 7.03. The quantitative estimate of drug-likeness (QED) is 0.802. The average molecular weight is 301 g/mol. The largest absolute Gasteiger partial charge is 0.491 e. The number of ether oxygens (including phenoxy) is 2. The molecule has 2 heterocycles. The van der Waals surface area contributed by atoms with Crippen LogP contribution in [-0.4, -0.2) is 57.0 Å². The molecule has 0 aromatic heterocycles. The highest BCUT2D eigenvalue weighted by molar-refractivity contribution is 6.56. The van der Waals surface area contributed by atoms with E-state index >= 15 is 0 Å². The van der Waals surface area contributed by atoms with Crippen LogP contribution in [-0.2, 0) is 11.3 Å². The Kier molecular flexibility index (Phi) is 3.93. The van der Waals surface area contributed by atoms with Crippen LogP contribution in [0.2, 0.25) is 0 Å². The fraction of sp³-hybridized carbons (Fsp3) is 0.429. The van der Waals surface area contributed by atoms with Crippen LogP contribution in [0.25, 0.3) is 0 Å². The number of hydrogen-bond donors (Lipinski definition) is 1. The molecule has 0 spiro atoms. The van der Waals surface area contributed by atoms with Gasteiger partial charge in [0.2, 0.25) is 7.85 Å². The Morgan fingerprint density at radius 2 is 2.27 bits per heavy atom. The molecule has 0 aliphatic carbocycles. The minimum Gasteiger partial charge on any atom is -0.491 e. The van der Waals surface area contributed by atoms with Crippen molar-refractivity contribution < 1.29 is 19.1 Å². The molecular weight excluding hydrogens is 285 g/mol. The van der Waals surface area contributed by atoms with E-state index in [-0.39, 0.29) is 12.6 Å². The molecule has 0 saturated carbocycles. The predicted octanol–water partition coefficient (Wildman–Crippen LogP) is 0.453. The zero-order valence-corrected chi connectivity index (χ0v) is 12.0. The number of carbonyl (C=O) groups is 2. The summed E-state index contributed by atoms with van der Waals surface area (Å²) in [4.78, 5) is 26.3. The Balaban J connectivity index is 1.87. The SMILES string of the molecule is [B]C(=O)N1CCOc2ccc(N3C[C@H](CN)OC3=O)cc2C1. The molecule has 2 amide bonds. The summed E-state index contributed by atoms with van der Waals surface area (Å²) < 4.78 is 10.8. The highest BCUT2D eigenvalue weighted by Crippen LogP contribution is 2.30. The first-order valence-corrected chi connectivity index (χ1v) is 7.07. The van der Waals surface area contributed by atoms with Gasteiger partial charge in [0.05, 0.1) is 13.1 Å². The van der Waals surface area contributed by atoms with E-state index in [4.69, 9.17) is 23.1 Å². The summed E-state index contributed by atoms with van der Waals surface area (Å²) in [7, 11) is 5.35. The van der Waals surface area contributed by atoms with E-state index in [2.05, 4.69) is 0 Å². The highest BCUT2D eigenvalue weighted by atomic mass is 16.6. The molecule has 1 atom stereocenters. The molecule has 0 unspecified atom stereocenters. The smallest absolute Gasteiger partial charge is 0.414 e. The molecule has 1 saturated heterocycles. The van der Waals surface area contributed by atoms with Crippen LogP contribution in [0.3, 0.4) is 0 Å². The predicted molar refractivity (Wildman–Crippen MR) is 80.2 cm³/mol. The summed E-state index contributed by atoms with van der Waals surface area (Å²) in [6, 6.07) is 5.40. The Morgan fingerprint density at radius 3 is 2.95 bits per heavy atom. The van der Waals surface area contributed by atoms with Crippen LogP contribution in [0, 0.1) is 0 Å². The first-order chi connectivity index (χ1) is 10.6. The first-order valence-electron chi connectivity index (χ1n) is 7.07. The standard InChI is InChI=1S/C14H16BN3O4/c15-13(19)17-3-4-21-12-2-1-10(5-9(12)7-17)18-8-11(6-16)22-14(18)20/h1-2,5,11H,3-4,6-8,16H2/t11-/m0/s1. The van der Waals surface area contributed by atoms with Gasteiger partial charge in [-0.3, -0.25) is 9.69 Å². The van der Waals surface area contributed by atoms with E-state index in [1.165, 1.54) is 9.80 Å². The van der Waals surface area contributed by atoms with Gasteiger partial charge in [-0.05, 0) is 18.2 Å². The van der Waals surface area contributed by atoms with E-state index in [0.717, 1.165) is 5.56 Å². The lowest BCUT2D eigenvalue weighted by atomic mass is 10.1. The van der Waals surface area contributed by atoms with Crippen LogP contribution < -0.4 is 15.4 Å². The topological polar surface area (TPSA) is 85.1 Å². The monoisotopic (exact) mass is 301 g/mol. The Morgan fingerprint density at radius 1 is 1.45 bits per heavy atom. The van der Waals surface area contributed by atoms with Gasteiger partial charge in [0.15, 0.2) is 5.81 Å². The zero-order chi connectivity index (χ0) is 15.7. The van der Waals surface area contributed by atoms with Crippen molar-refractivity contribution in [3.63, 3.8) is 0 Å². The van der Waals surface area contributed by atoms with Crippen molar-refractivity contribution in [3.05, 3.63) is 23.8 Å². The van der Waals surface area contributed by atoms with Crippen LogP contribution in [0.1, 0.15) is 5.56 Å². The number of amides is 2. The van der Waals surface area contributed by atoms with Crippen molar-refractivity contribution in [1.82, 2.24) is 4.90 Å². The lowest BCUT2D eigenvalue weighted by molar-refractivity contribution is 0.145. The van der Waals surface area contributed by atoms with Crippen molar-refractivity contribution in [2.24, 2.45) is 5.73 Å². The maximum atomic E-state index is 11.9. The number of anilines is 1. The number of rotatable bonds is 2. The van der Waals surface area contributed by atoms with E-state index in [1.807, 2.05) is 6.07 Å². The van der Waals surface area contributed by atoms with Gasteiger partial charge in [-0.15, -0.1) is 0 Å². The van der Waals surface area contributed by atoms with Gasteiger partial charge < -0.3 is 20.1 Å². The molecule has 2 aliphatic heterocycles. The van der Waals surface area contributed by atoms with Crippen LogP contribution in [0.5, 0.6) is 5.75 Å². The number of cyclic esters (lactones) is 1. The third-order valence-corrected chi connectivity index (χ3v) is 3.78. The molecule has 22 heavy (non-hydrogen) atoms. The lowest BCUT2D eigenvalue weighted by Gasteiger charge is -2.19. The van der Waals surface area contributed by atoms with Gasteiger partial charge in [0.25, 0.3) is 0 Å². The summed E-state index contributed by atoms with van der Waals surface area (Å²) in [5, 5.41) is 0. The second-order valence-electron chi connectivity index (χ2n) is 5.25. The van der Waals surface area contributed by atoms with Gasteiger partial charge >= 0.3 is 6.09 Å². The molecule has 2 aliphatic rings. The molecule has 1 aromatic rings. The molecular formula is C14H16BN3O4. The van der Waals surface area contributed by atoms with Crippen molar-refractivity contribution in [2.75, 3.05) is 31.1 Å². The minimum atomic E-state index is -0.495. The number of benzene rings is 1. The van der Waals surface area contributed by atoms with E-state index in [1.54, 1.807) is 12.1 Å². The van der Waals surface area contributed by atoms with Crippen molar-refractivity contribution >= 4 is 25.4 Å². The molecule has 3 rings (SSSR count). The molecule has 7 nitrogen and oxygen atoms in total. The second kappa shape index (κ2) is 5.88. The van der Waals surface area contributed by atoms with Crippen LogP contribution >= 0.6 is 0 Å². The van der Waals surface area contributed by atoms with Crippen LogP contribution in [0.15, 0.2) is 18.2 Å². The van der Waals surface area contributed by atoms with Gasteiger partial charge in [-0.2, -0.15) is 0 Å². The van der Waals surface area contributed by atoms with Gasteiger partial charge in [0.1, 0.15) is 18.5 Å². The Hall–Kier alpha value is -2.22. The molecule has 8 heteroatoms. The number of hydrogen-bond acceptors (Lipinski definition) is 5. The van der Waals surface area contributed by atoms with Gasteiger partial charge in [-0.1, -0.05) is 0 Å². The molecule has 114 valence electrons. The van der Waals surface area contributed by atoms with Crippen molar-refractivity contribution in [1.29, 1.82) is 0 Å². The summed E-state index contributed by atoms with van der Waals surface area (Å²) in [6.45, 7) is 1.86. The Bertz CT molecular complexity index is 610. The maximum Gasteiger partial charge on any atom is 0.414 e. The van der Waals surface area contributed by atoms with E-state index in [9.17, 15) is 9.59 Å². The lowest BCUT2D eigenvalue weighted by Crippen LogP contribution is -2.31. The molecule has 1 aromatic carbocycles. The number of fused-ring (bicyclic) bond motifs is 1. The van der Waals surface area contributed by atoms with Crippen molar-refractivity contribution in [2.45, 2.75) is 12.6 Å². The third kappa shape index (κ3) is 2.74. The average Bonchev–Trinajstić information content (AvgIpc) is 2.75. The van der Waals surface area contributed by atoms with Gasteiger partial charge in [-0.25, -0.2) is 4.79 Å². The fourth-order valence-electron chi connectivity index (χ4n) is 2.59. The second-order valence-corrected chi connectivity index (χ2v) is 5.25.